The molecule has 1 saturated heterocycles. The second kappa shape index (κ2) is 14.8. The maximum atomic E-state index is 13.7. The molecular weight excluding hydrogens is 759 g/mol. The number of fused-ring (bicyclic) bond motifs is 4. The number of nitrogens with one attached hydrogen (secondary N) is 5. The second-order valence-electron chi connectivity index (χ2n) is 15.1. The number of benzene rings is 2. The average molecular weight is 802 g/mol. The van der Waals surface area contributed by atoms with Gasteiger partial charge in [-0.05, 0) is 70.7 Å². The summed E-state index contributed by atoms with van der Waals surface area (Å²) in [5.41, 5.74) is 5.43. The number of aliphatic hydroxyl groups is 1. The van der Waals surface area contributed by atoms with Gasteiger partial charge in [-0.15, -0.1) is 0 Å². The van der Waals surface area contributed by atoms with Gasteiger partial charge in [-0.3, -0.25) is 24.1 Å². The number of rotatable bonds is 13. The van der Waals surface area contributed by atoms with Crippen LogP contribution in [0.25, 0.3) is 33.1 Å². The molecular formula is C41H43N11O7. The largest absolute Gasteiger partial charge is 0.496 e. The number of aromatic nitrogens is 6. The zero-order chi connectivity index (χ0) is 41.1. The number of hydrogen-bond donors (Lipinski definition) is 6. The molecule has 59 heavy (non-hydrogen) atoms. The Labute approximate surface area is 337 Å². The molecule has 2 aliphatic heterocycles. The van der Waals surface area contributed by atoms with Crippen LogP contribution in [0.1, 0.15) is 93.4 Å². The van der Waals surface area contributed by atoms with Crippen LogP contribution in [-0.2, 0) is 11.3 Å². The Balaban J connectivity index is 0.956. The topological polar surface area (TPSA) is 235 Å². The molecule has 2 fully saturated rings. The predicted octanol–water partition coefficient (Wildman–Crippen LogP) is 4.65. The molecule has 4 aromatic heterocycles. The lowest BCUT2D eigenvalue weighted by Crippen LogP contribution is -2.57. The first-order valence-electron chi connectivity index (χ1n) is 19.7. The first kappa shape index (κ1) is 37.7. The van der Waals surface area contributed by atoms with Crippen molar-refractivity contribution in [2.75, 3.05) is 30.8 Å². The van der Waals surface area contributed by atoms with Crippen molar-refractivity contribution < 1.29 is 33.5 Å². The van der Waals surface area contributed by atoms with E-state index in [1.54, 1.807) is 25.3 Å². The number of carbonyl (C=O) groups is 4. The second-order valence-corrected chi connectivity index (χ2v) is 15.1. The van der Waals surface area contributed by atoms with Crippen LogP contribution in [-0.4, -0.2) is 96.0 Å². The summed E-state index contributed by atoms with van der Waals surface area (Å²) < 4.78 is 13.2. The molecule has 1 saturated carbocycles. The minimum atomic E-state index is -1.35. The highest BCUT2D eigenvalue weighted by molar-refractivity contribution is 6.24. The van der Waals surface area contributed by atoms with Crippen molar-refractivity contribution in [3.05, 3.63) is 70.5 Å². The fourth-order valence-electron chi connectivity index (χ4n) is 8.11. The van der Waals surface area contributed by atoms with Crippen LogP contribution in [0.2, 0.25) is 0 Å². The highest BCUT2D eigenvalue weighted by Crippen LogP contribution is 2.43. The molecule has 2 atom stereocenters. The number of amides is 4. The van der Waals surface area contributed by atoms with Crippen LogP contribution in [0.15, 0.2) is 40.9 Å². The van der Waals surface area contributed by atoms with Gasteiger partial charge in [0.05, 0.1) is 46.6 Å². The Morgan fingerprint density at radius 3 is 2.59 bits per heavy atom. The van der Waals surface area contributed by atoms with E-state index in [2.05, 4.69) is 31.4 Å². The van der Waals surface area contributed by atoms with Gasteiger partial charge < -0.3 is 40.6 Å². The summed E-state index contributed by atoms with van der Waals surface area (Å²) in [6.45, 7) is 6.98. The number of H-pyrrole nitrogens is 1. The van der Waals surface area contributed by atoms with Gasteiger partial charge in [0.25, 0.3) is 17.7 Å². The molecule has 0 spiro atoms. The molecule has 6 aromatic rings. The predicted molar refractivity (Wildman–Crippen MR) is 216 cm³/mol. The number of ether oxygens (including phenoxy) is 1. The molecule has 2 unspecified atom stereocenters. The number of nitrogens with zero attached hydrogens (tertiary/aromatic N) is 6. The van der Waals surface area contributed by atoms with E-state index in [1.165, 1.54) is 0 Å². The van der Waals surface area contributed by atoms with Crippen molar-refractivity contribution >= 4 is 62.9 Å². The Morgan fingerprint density at radius 1 is 1.03 bits per heavy atom. The molecule has 1 aliphatic carbocycles. The number of carbonyl (C=O) groups excluding carboxylic acids is 4. The molecule has 2 aromatic carbocycles. The molecule has 6 heterocycles. The Bertz CT molecular complexity index is 2670. The number of piperidine rings is 1. The van der Waals surface area contributed by atoms with E-state index in [0.29, 0.717) is 59.5 Å². The van der Waals surface area contributed by atoms with E-state index in [-0.39, 0.29) is 42.2 Å². The smallest absolute Gasteiger partial charge is 0.289 e. The molecule has 6 N–H and O–H groups in total. The lowest BCUT2D eigenvalue weighted by Gasteiger charge is -2.33. The molecule has 18 nitrogen and oxygen atoms in total. The highest BCUT2D eigenvalue weighted by atomic mass is 16.5. The fourth-order valence-corrected chi connectivity index (χ4v) is 8.11. The number of hydrogen-bond acceptors (Lipinski definition) is 13. The van der Waals surface area contributed by atoms with Crippen molar-refractivity contribution in [3.8, 4) is 16.9 Å². The van der Waals surface area contributed by atoms with E-state index in [1.807, 2.05) is 43.7 Å². The van der Waals surface area contributed by atoms with E-state index in [4.69, 9.17) is 24.3 Å². The molecule has 9 rings (SSSR count). The summed E-state index contributed by atoms with van der Waals surface area (Å²) in [5, 5.41) is 32.9. The summed E-state index contributed by atoms with van der Waals surface area (Å²) in [6, 6.07) is 9.99. The van der Waals surface area contributed by atoms with Gasteiger partial charge in [0.1, 0.15) is 35.0 Å². The summed E-state index contributed by atoms with van der Waals surface area (Å²) in [4.78, 5) is 66.2. The van der Waals surface area contributed by atoms with Crippen LogP contribution >= 0.6 is 0 Å². The summed E-state index contributed by atoms with van der Waals surface area (Å²) in [6.07, 6.45) is 1.57. The molecule has 304 valence electrons. The monoisotopic (exact) mass is 801 g/mol. The van der Waals surface area contributed by atoms with Crippen LogP contribution < -0.4 is 26.0 Å². The third kappa shape index (κ3) is 6.67. The molecule has 0 bridgehead atoms. The van der Waals surface area contributed by atoms with Crippen LogP contribution in [0.4, 0.5) is 17.3 Å². The van der Waals surface area contributed by atoms with Crippen molar-refractivity contribution in [2.24, 2.45) is 0 Å². The molecule has 4 amide bonds. The Morgan fingerprint density at radius 2 is 1.86 bits per heavy atom. The standard InChI is InChI=1S/C41H43N11O7/c1-5-51-30(18-26(49-51)21-10-11-21)45-36-34-23-17-29(58-4)24(32-19(2)50-59-20(32)3)16-27(23)44-35(34)47-37(48-36)39(55)43-15-7-14-42-25-9-6-8-22-33(25)41(57)52(40(22)56)28-12-13-31(53)46-38(28)54/h6,8-9,16-18,21,28,38,42,54H,5,7,10-15H2,1-4H3,(H,43,55)(H,46,53)(H2,44,45,47,48). The first-order chi connectivity index (χ1) is 28.5. The van der Waals surface area contributed by atoms with Crippen molar-refractivity contribution in [2.45, 2.75) is 77.6 Å². The van der Waals surface area contributed by atoms with E-state index in [9.17, 15) is 24.3 Å². The molecule has 18 heteroatoms. The van der Waals surface area contributed by atoms with Crippen molar-refractivity contribution in [1.29, 1.82) is 0 Å². The number of aliphatic hydroxyl groups excluding tert-OH is 1. The van der Waals surface area contributed by atoms with Gasteiger partial charge in [-0.1, -0.05) is 11.2 Å². The lowest BCUT2D eigenvalue weighted by molar-refractivity contribution is -0.129. The minimum Gasteiger partial charge on any atom is -0.496 e. The molecule has 0 radical (unpaired) electrons. The fraction of sp³-hybridized carbons (Fsp3) is 0.366. The van der Waals surface area contributed by atoms with Gasteiger partial charge in [0, 0.05) is 60.2 Å². The SMILES string of the molecule is CCn1nc(C2CC2)cc1Nc1nc(C(=O)NCCCNc2cccc3c2C(=O)N(C2CCC(=O)NC2O)C3=O)nc2[nH]c3cc(-c4c(C)noc4C)c(OC)cc3c12. The van der Waals surface area contributed by atoms with Crippen LogP contribution in [0, 0.1) is 13.8 Å². The third-order valence-electron chi connectivity index (χ3n) is 11.2. The number of anilines is 3. The normalized spacial score (nSPS) is 17.8. The van der Waals surface area contributed by atoms with E-state index < -0.39 is 30.0 Å². The summed E-state index contributed by atoms with van der Waals surface area (Å²) in [7, 11) is 1.61. The maximum Gasteiger partial charge on any atom is 0.289 e. The zero-order valence-corrected chi connectivity index (χ0v) is 32.9. The Kier molecular flexibility index (Phi) is 9.49. The molecule has 3 aliphatic rings. The third-order valence-corrected chi connectivity index (χ3v) is 11.2. The van der Waals surface area contributed by atoms with Crippen molar-refractivity contribution in [3.63, 3.8) is 0 Å². The summed E-state index contributed by atoms with van der Waals surface area (Å²) >= 11 is 0. The highest BCUT2D eigenvalue weighted by Gasteiger charge is 2.45. The van der Waals surface area contributed by atoms with E-state index in [0.717, 1.165) is 57.0 Å². The number of aryl methyl sites for hydroxylation is 3. The quantitative estimate of drug-likeness (QED) is 0.0690. The number of aromatic amines is 1. The lowest BCUT2D eigenvalue weighted by atomic mass is 10.0. The number of imide groups is 1. The van der Waals surface area contributed by atoms with Gasteiger partial charge in [0.15, 0.2) is 0 Å². The summed E-state index contributed by atoms with van der Waals surface area (Å²) in [5.74, 6) is 0.931. The van der Waals surface area contributed by atoms with Crippen LogP contribution in [0.3, 0.4) is 0 Å². The zero-order valence-electron chi connectivity index (χ0n) is 32.9. The first-order valence-corrected chi connectivity index (χ1v) is 19.7. The average Bonchev–Trinajstić information content (AvgIpc) is 3.67. The number of methoxy groups -OCH3 is 1. The van der Waals surface area contributed by atoms with Gasteiger partial charge in [-0.2, -0.15) is 5.10 Å². The maximum absolute atomic E-state index is 13.7. The minimum absolute atomic E-state index is 0.0476. The van der Waals surface area contributed by atoms with Crippen LogP contribution in [0.5, 0.6) is 5.75 Å². The van der Waals surface area contributed by atoms with Gasteiger partial charge in [-0.25, -0.2) is 14.6 Å². The van der Waals surface area contributed by atoms with Gasteiger partial charge >= 0.3 is 0 Å². The van der Waals surface area contributed by atoms with E-state index >= 15 is 0 Å². The van der Waals surface area contributed by atoms with Gasteiger partial charge in [0.2, 0.25) is 11.7 Å². The Hall–Kier alpha value is -6.82. The van der Waals surface area contributed by atoms with Crippen molar-refractivity contribution in [1.82, 2.24) is 45.4 Å².